The van der Waals surface area contributed by atoms with Gasteiger partial charge in [-0.15, -0.1) is 0 Å². The third-order valence-electron chi connectivity index (χ3n) is 3.57. The molecule has 0 aliphatic carbocycles. The van der Waals surface area contributed by atoms with Gasteiger partial charge in [-0.25, -0.2) is 4.98 Å². The Kier molecular flexibility index (Phi) is 4.51. The zero-order valence-corrected chi connectivity index (χ0v) is 13.4. The Labute approximate surface area is 139 Å². The Morgan fingerprint density at radius 1 is 1.29 bits per heavy atom. The lowest BCUT2D eigenvalue weighted by molar-refractivity contribution is 0.0947. The summed E-state index contributed by atoms with van der Waals surface area (Å²) in [5.41, 5.74) is 3.20. The average Bonchev–Trinajstić information content (AvgIpc) is 3.06. The molecule has 3 heterocycles. The molecule has 3 rings (SSSR count). The number of rotatable bonds is 5. The Balaban J connectivity index is 1.73. The smallest absolute Gasteiger partial charge is 0.257 e. The van der Waals surface area contributed by atoms with E-state index in [9.17, 15) is 4.79 Å². The predicted octanol–water partition coefficient (Wildman–Crippen LogP) is 1.82. The lowest BCUT2D eigenvalue weighted by Crippen LogP contribution is -2.23. The molecule has 0 saturated heterocycles. The van der Waals surface area contributed by atoms with Crippen molar-refractivity contribution >= 4 is 5.91 Å². The molecule has 3 aromatic heterocycles. The summed E-state index contributed by atoms with van der Waals surface area (Å²) in [5.74, 6) is 0.0580. The van der Waals surface area contributed by atoms with Gasteiger partial charge in [-0.05, 0) is 29.8 Å². The zero-order chi connectivity index (χ0) is 16.9. The number of carbonyl (C=O) groups is 1. The van der Waals surface area contributed by atoms with Gasteiger partial charge in [-0.3, -0.25) is 14.5 Å². The molecule has 1 amide bonds. The van der Waals surface area contributed by atoms with E-state index in [1.165, 1.54) is 7.11 Å². The van der Waals surface area contributed by atoms with Crippen molar-refractivity contribution in [2.24, 2.45) is 7.05 Å². The first-order valence-electron chi connectivity index (χ1n) is 7.38. The maximum absolute atomic E-state index is 12.3. The van der Waals surface area contributed by atoms with Gasteiger partial charge < -0.3 is 10.1 Å². The summed E-state index contributed by atoms with van der Waals surface area (Å²) >= 11 is 0. The molecule has 24 heavy (non-hydrogen) atoms. The van der Waals surface area contributed by atoms with E-state index >= 15 is 0 Å². The topological polar surface area (TPSA) is 81.9 Å². The third kappa shape index (κ3) is 3.24. The third-order valence-corrected chi connectivity index (χ3v) is 3.57. The lowest BCUT2D eigenvalue weighted by Gasteiger charge is -2.09. The molecule has 0 saturated carbocycles. The number of hydrogen-bond donors (Lipinski definition) is 1. The first-order valence-corrected chi connectivity index (χ1v) is 7.38. The second-order valence-electron chi connectivity index (χ2n) is 5.16. The van der Waals surface area contributed by atoms with Crippen LogP contribution in [0.2, 0.25) is 0 Å². The Hall–Kier alpha value is -3.22. The molecule has 0 unspecified atom stereocenters. The molecule has 0 radical (unpaired) electrons. The van der Waals surface area contributed by atoms with E-state index in [0.717, 1.165) is 16.8 Å². The van der Waals surface area contributed by atoms with Gasteiger partial charge in [0.15, 0.2) is 0 Å². The van der Waals surface area contributed by atoms with Crippen molar-refractivity contribution in [3.63, 3.8) is 0 Å². The molecule has 7 nitrogen and oxygen atoms in total. The molecule has 0 fully saturated rings. The minimum absolute atomic E-state index is 0.245. The van der Waals surface area contributed by atoms with Crippen LogP contribution < -0.4 is 10.1 Å². The van der Waals surface area contributed by atoms with Gasteiger partial charge in [-0.1, -0.05) is 0 Å². The fraction of sp³-hybridized carbons (Fsp3) is 0.176. The predicted molar refractivity (Wildman–Crippen MR) is 88.4 cm³/mol. The van der Waals surface area contributed by atoms with E-state index in [-0.39, 0.29) is 5.91 Å². The van der Waals surface area contributed by atoms with Crippen LogP contribution in [0, 0.1) is 0 Å². The van der Waals surface area contributed by atoms with E-state index in [4.69, 9.17) is 4.74 Å². The van der Waals surface area contributed by atoms with E-state index in [2.05, 4.69) is 20.4 Å². The maximum atomic E-state index is 12.3. The molecule has 0 bridgehead atoms. The number of amides is 1. The summed E-state index contributed by atoms with van der Waals surface area (Å²) in [6.07, 6.45) is 6.81. The van der Waals surface area contributed by atoms with E-state index in [1.54, 1.807) is 41.6 Å². The molecular weight excluding hydrogens is 306 g/mol. The van der Waals surface area contributed by atoms with Crippen molar-refractivity contribution in [3.8, 4) is 17.1 Å². The number of methoxy groups -OCH3 is 1. The normalized spacial score (nSPS) is 10.4. The van der Waals surface area contributed by atoms with Gasteiger partial charge in [0.1, 0.15) is 5.56 Å². The summed E-state index contributed by atoms with van der Waals surface area (Å²) in [6.45, 7) is 0.357. The fourth-order valence-electron chi connectivity index (χ4n) is 2.39. The SMILES string of the molecule is COc1ncccc1C(=O)NCc1cncc(-c2ccnn2C)c1. The van der Waals surface area contributed by atoms with Crippen LogP contribution in [-0.4, -0.2) is 32.8 Å². The summed E-state index contributed by atoms with van der Waals surface area (Å²) < 4.78 is 6.88. The average molecular weight is 323 g/mol. The van der Waals surface area contributed by atoms with Crippen molar-refractivity contribution in [1.82, 2.24) is 25.1 Å². The van der Waals surface area contributed by atoms with Gasteiger partial charge in [0.2, 0.25) is 5.88 Å². The van der Waals surface area contributed by atoms with Crippen LogP contribution in [-0.2, 0) is 13.6 Å². The van der Waals surface area contributed by atoms with Crippen molar-refractivity contribution in [3.05, 3.63) is 60.2 Å². The molecule has 0 spiro atoms. The first kappa shape index (κ1) is 15.7. The highest BCUT2D eigenvalue weighted by molar-refractivity contribution is 5.96. The number of aromatic nitrogens is 4. The van der Waals surface area contributed by atoms with Gasteiger partial charge in [0.25, 0.3) is 5.91 Å². The van der Waals surface area contributed by atoms with Crippen LogP contribution in [0.1, 0.15) is 15.9 Å². The highest BCUT2D eigenvalue weighted by atomic mass is 16.5. The number of nitrogens with one attached hydrogen (secondary N) is 1. The second-order valence-corrected chi connectivity index (χ2v) is 5.16. The number of ether oxygens (including phenoxy) is 1. The lowest BCUT2D eigenvalue weighted by atomic mass is 10.1. The second kappa shape index (κ2) is 6.91. The van der Waals surface area contributed by atoms with E-state index < -0.39 is 0 Å². The van der Waals surface area contributed by atoms with Crippen LogP contribution in [0.5, 0.6) is 5.88 Å². The van der Waals surface area contributed by atoms with Crippen LogP contribution in [0.15, 0.2) is 49.1 Å². The molecule has 7 heteroatoms. The van der Waals surface area contributed by atoms with Gasteiger partial charge in [0, 0.05) is 43.9 Å². The van der Waals surface area contributed by atoms with Gasteiger partial charge in [-0.2, -0.15) is 5.10 Å². The van der Waals surface area contributed by atoms with Crippen LogP contribution in [0.25, 0.3) is 11.3 Å². The Morgan fingerprint density at radius 2 is 2.17 bits per heavy atom. The van der Waals surface area contributed by atoms with Gasteiger partial charge in [0.05, 0.1) is 12.8 Å². The number of aryl methyl sites for hydroxylation is 1. The standard InChI is InChI=1S/C17H17N5O2/c1-22-15(5-7-21-22)13-8-12(9-18-11-13)10-20-16(23)14-4-3-6-19-17(14)24-2/h3-9,11H,10H2,1-2H3,(H,20,23). The highest BCUT2D eigenvalue weighted by Crippen LogP contribution is 2.18. The summed E-state index contributed by atoms with van der Waals surface area (Å²) in [5, 5.41) is 7.01. The fourth-order valence-corrected chi connectivity index (χ4v) is 2.39. The molecule has 0 aliphatic heterocycles. The molecular formula is C17H17N5O2. The van der Waals surface area contributed by atoms with Crippen molar-refractivity contribution < 1.29 is 9.53 Å². The number of nitrogens with zero attached hydrogens (tertiary/aromatic N) is 4. The molecule has 0 aromatic carbocycles. The van der Waals surface area contributed by atoms with E-state index in [0.29, 0.717) is 18.0 Å². The van der Waals surface area contributed by atoms with Gasteiger partial charge >= 0.3 is 0 Å². The van der Waals surface area contributed by atoms with Crippen LogP contribution in [0.3, 0.4) is 0 Å². The first-order chi connectivity index (χ1) is 11.7. The minimum atomic E-state index is -0.245. The number of carbonyl (C=O) groups excluding carboxylic acids is 1. The molecule has 122 valence electrons. The molecule has 0 aliphatic rings. The summed E-state index contributed by atoms with van der Waals surface area (Å²) in [6, 6.07) is 7.26. The Morgan fingerprint density at radius 3 is 2.92 bits per heavy atom. The Bertz CT molecular complexity index is 859. The summed E-state index contributed by atoms with van der Waals surface area (Å²) in [4.78, 5) is 20.6. The number of pyridine rings is 2. The quantitative estimate of drug-likeness (QED) is 0.774. The van der Waals surface area contributed by atoms with E-state index in [1.807, 2.05) is 19.2 Å². The van der Waals surface area contributed by atoms with Crippen molar-refractivity contribution in [2.75, 3.05) is 7.11 Å². The zero-order valence-electron chi connectivity index (χ0n) is 13.4. The molecule has 0 atom stereocenters. The van der Waals surface area contributed by atoms with Crippen molar-refractivity contribution in [2.45, 2.75) is 6.54 Å². The highest BCUT2D eigenvalue weighted by Gasteiger charge is 2.12. The molecule has 3 aromatic rings. The van der Waals surface area contributed by atoms with Crippen LogP contribution in [0.4, 0.5) is 0 Å². The largest absolute Gasteiger partial charge is 0.480 e. The number of hydrogen-bond acceptors (Lipinski definition) is 5. The monoisotopic (exact) mass is 323 g/mol. The van der Waals surface area contributed by atoms with Crippen LogP contribution >= 0.6 is 0 Å². The summed E-state index contributed by atoms with van der Waals surface area (Å²) in [7, 11) is 3.36. The minimum Gasteiger partial charge on any atom is -0.480 e. The molecule has 1 N–H and O–H groups in total. The maximum Gasteiger partial charge on any atom is 0.257 e. The van der Waals surface area contributed by atoms with Crippen molar-refractivity contribution in [1.29, 1.82) is 0 Å².